The summed E-state index contributed by atoms with van der Waals surface area (Å²) in [5.41, 5.74) is 0. The highest BCUT2D eigenvalue weighted by atomic mass is 35.6. The maximum atomic E-state index is 6.51. The first kappa shape index (κ1) is 12.0. The zero-order valence-electron chi connectivity index (χ0n) is 7.98. The molecule has 2 heteroatoms. The van der Waals surface area contributed by atoms with Crippen molar-refractivity contribution in [1.29, 1.82) is 0 Å². The average molecular weight is 203 g/mol. The summed E-state index contributed by atoms with van der Waals surface area (Å²) in [5, 5.41) is 0. The zero-order valence-corrected chi connectivity index (χ0v) is 9.74. The molecule has 0 saturated carbocycles. The Balaban J connectivity index is 3.96. The molecule has 0 radical (unpaired) electrons. The molecule has 0 amide bonds. The van der Waals surface area contributed by atoms with Gasteiger partial charge < -0.3 is 0 Å². The van der Waals surface area contributed by atoms with Crippen LogP contribution in [0.2, 0.25) is 18.1 Å². The van der Waals surface area contributed by atoms with Gasteiger partial charge in [0.25, 0.3) is 0 Å². The van der Waals surface area contributed by atoms with Crippen LogP contribution in [0.15, 0.2) is 25.3 Å². The molecule has 0 fully saturated rings. The van der Waals surface area contributed by atoms with Crippen LogP contribution in [-0.2, 0) is 0 Å². The molecule has 0 aliphatic carbocycles. The molecule has 70 valence electrons. The van der Waals surface area contributed by atoms with Gasteiger partial charge in [-0.05, 0) is 18.1 Å². The molecular formula is C10H19ClSi. The van der Waals surface area contributed by atoms with E-state index >= 15 is 0 Å². The number of allylic oxidation sites excluding steroid dienone is 2. The highest BCUT2D eigenvalue weighted by Gasteiger charge is 2.26. The molecule has 0 heterocycles. The van der Waals surface area contributed by atoms with E-state index in [1.165, 1.54) is 18.9 Å². The number of hydrogen-bond acceptors (Lipinski definition) is 0. The van der Waals surface area contributed by atoms with Crippen LogP contribution >= 0.6 is 11.1 Å². The summed E-state index contributed by atoms with van der Waals surface area (Å²) in [7, 11) is -1.53. The van der Waals surface area contributed by atoms with Crippen molar-refractivity contribution in [3.8, 4) is 0 Å². The maximum absolute atomic E-state index is 6.51. The van der Waals surface area contributed by atoms with Gasteiger partial charge in [0.15, 0.2) is 7.38 Å². The summed E-state index contributed by atoms with van der Waals surface area (Å²) < 4.78 is 0. The summed E-state index contributed by atoms with van der Waals surface area (Å²) in [4.78, 5) is 0. The summed E-state index contributed by atoms with van der Waals surface area (Å²) in [5.74, 6) is 0. The van der Waals surface area contributed by atoms with Gasteiger partial charge in [0.05, 0.1) is 0 Å². The highest BCUT2D eigenvalue weighted by Crippen LogP contribution is 2.28. The third-order valence-corrected chi connectivity index (χ3v) is 6.78. The van der Waals surface area contributed by atoms with Crippen molar-refractivity contribution in [3.05, 3.63) is 25.3 Å². The Labute approximate surface area is 82.0 Å². The Morgan fingerprint density at radius 2 is 1.75 bits per heavy atom. The van der Waals surface area contributed by atoms with Crippen LogP contribution in [-0.4, -0.2) is 7.38 Å². The molecule has 12 heavy (non-hydrogen) atoms. The Morgan fingerprint density at radius 1 is 1.25 bits per heavy atom. The van der Waals surface area contributed by atoms with Gasteiger partial charge in [0.1, 0.15) is 0 Å². The van der Waals surface area contributed by atoms with E-state index in [4.69, 9.17) is 11.1 Å². The summed E-state index contributed by atoms with van der Waals surface area (Å²) in [6.45, 7) is 9.71. The van der Waals surface area contributed by atoms with E-state index in [0.717, 1.165) is 12.1 Å². The molecule has 0 aromatic rings. The minimum absolute atomic E-state index is 1.01. The zero-order chi connectivity index (χ0) is 9.45. The number of hydrogen-bond donors (Lipinski definition) is 0. The number of rotatable bonds is 7. The first-order valence-corrected chi connectivity index (χ1v) is 8.22. The Bertz CT molecular complexity index is 133. The molecule has 0 aromatic heterocycles. The van der Waals surface area contributed by atoms with Crippen LogP contribution in [0.3, 0.4) is 0 Å². The molecule has 0 aromatic carbocycles. The molecule has 0 aliphatic heterocycles. The summed E-state index contributed by atoms with van der Waals surface area (Å²) in [6.07, 6.45) is 6.39. The molecule has 0 bridgehead atoms. The lowest BCUT2D eigenvalue weighted by atomic mass is 10.4. The van der Waals surface area contributed by atoms with E-state index in [-0.39, 0.29) is 0 Å². The second kappa shape index (κ2) is 6.50. The Kier molecular flexibility index (Phi) is 6.49. The van der Waals surface area contributed by atoms with Gasteiger partial charge in [-0.3, -0.25) is 0 Å². The largest absolute Gasteiger partial charge is 0.166 e. The van der Waals surface area contributed by atoms with E-state index in [0.29, 0.717) is 0 Å². The quantitative estimate of drug-likeness (QED) is 0.327. The van der Waals surface area contributed by atoms with Crippen molar-refractivity contribution in [2.75, 3.05) is 0 Å². The van der Waals surface area contributed by atoms with Gasteiger partial charge >= 0.3 is 0 Å². The molecule has 0 atom stereocenters. The minimum Gasteiger partial charge on any atom is -0.166 e. The van der Waals surface area contributed by atoms with Crippen LogP contribution in [0, 0.1) is 0 Å². The van der Waals surface area contributed by atoms with Gasteiger partial charge in [-0.2, -0.15) is 11.1 Å². The topological polar surface area (TPSA) is 0 Å². The van der Waals surface area contributed by atoms with E-state index < -0.39 is 7.38 Å². The van der Waals surface area contributed by atoms with Gasteiger partial charge in [0, 0.05) is 0 Å². The third-order valence-electron chi connectivity index (χ3n) is 2.00. The van der Waals surface area contributed by atoms with E-state index in [1.807, 2.05) is 12.2 Å². The molecule has 0 spiro atoms. The second-order valence-corrected chi connectivity index (χ2v) is 9.26. The Morgan fingerprint density at radius 3 is 2.08 bits per heavy atom. The lowest BCUT2D eigenvalue weighted by Gasteiger charge is -2.20. The average Bonchev–Trinajstić information content (AvgIpc) is 2.02. The molecule has 0 nitrogen and oxygen atoms in total. The molecule has 0 unspecified atom stereocenters. The van der Waals surface area contributed by atoms with Crippen molar-refractivity contribution in [3.63, 3.8) is 0 Å². The highest BCUT2D eigenvalue weighted by molar-refractivity contribution is 7.20. The lowest BCUT2D eigenvalue weighted by Crippen LogP contribution is -2.24. The SMILES string of the molecule is C=CC[Si](Cl)(CC=C)CCCC. The second-order valence-electron chi connectivity index (χ2n) is 3.24. The number of halogens is 1. The van der Waals surface area contributed by atoms with Crippen LogP contribution in [0.5, 0.6) is 0 Å². The predicted octanol–water partition coefficient (Wildman–Crippen LogP) is 4.34. The van der Waals surface area contributed by atoms with Crippen molar-refractivity contribution in [2.45, 2.75) is 37.9 Å². The third kappa shape index (κ3) is 4.78. The first-order valence-electron chi connectivity index (χ1n) is 4.59. The van der Waals surface area contributed by atoms with Crippen molar-refractivity contribution in [2.24, 2.45) is 0 Å². The van der Waals surface area contributed by atoms with E-state index in [2.05, 4.69) is 20.1 Å². The predicted molar refractivity (Wildman–Crippen MR) is 61.3 cm³/mol. The molecule has 0 N–H and O–H groups in total. The molecule has 0 aliphatic rings. The van der Waals surface area contributed by atoms with Crippen LogP contribution in [0.1, 0.15) is 19.8 Å². The standard InChI is InChI=1S/C10H19ClSi/c1-4-7-10-12(11,8-5-2)9-6-3/h5-6H,2-4,7-10H2,1H3. The molecular weight excluding hydrogens is 184 g/mol. The first-order chi connectivity index (χ1) is 5.68. The fraction of sp³-hybridized carbons (Fsp3) is 0.600. The minimum atomic E-state index is -1.53. The van der Waals surface area contributed by atoms with Crippen molar-refractivity contribution < 1.29 is 0 Å². The number of unbranched alkanes of at least 4 members (excludes halogenated alkanes) is 1. The maximum Gasteiger partial charge on any atom is 0.163 e. The molecule has 0 saturated heterocycles. The normalized spacial score (nSPS) is 11.2. The smallest absolute Gasteiger partial charge is 0.163 e. The summed E-state index contributed by atoms with van der Waals surface area (Å²) >= 11 is 6.51. The van der Waals surface area contributed by atoms with Gasteiger partial charge in [-0.25, -0.2) is 0 Å². The van der Waals surface area contributed by atoms with Crippen LogP contribution < -0.4 is 0 Å². The van der Waals surface area contributed by atoms with Crippen LogP contribution in [0.4, 0.5) is 0 Å². The van der Waals surface area contributed by atoms with Crippen LogP contribution in [0.25, 0.3) is 0 Å². The fourth-order valence-corrected chi connectivity index (χ4v) is 4.95. The lowest BCUT2D eigenvalue weighted by molar-refractivity contribution is 0.869. The fourth-order valence-electron chi connectivity index (χ4n) is 1.30. The van der Waals surface area contributed by atoms with E-state index in [1.54, 1.807) is 0 Å². The summed E-state index contributed by atoms with van der Waals surface area (Å²) in [6, 6.07) is 3.23. The molecule has 0 rings (SSSR count). The Hall–Kier alpha value is -0.0131. The van der Waals surface area contributed by atoms with E-state index in [9.17, 15) is 0 Å². The van der Waals surface area contributed by atoms with Gasteiger partial charge in [-0.1, -0.05) is 31.9 Å². The van der Waals surface area contributed by atoms with Crippen molar-refractivity contribution in [1.82, 2.24) is 0 Å². The monoisotopic (exact) mass is 202 g/mol. The van der Waals surface area contributed by atoms with Gasteiger partial charge in [0.2, 0.25) is 0 Å². The van der Waals surface area contributed by atoms with Gasteiger partial charge in [-0.15, -0.1) is 13.2 Å². The van der Waals surface area contributed by atoms with Crippen molar-refractivity contribution >= 4 is 18.5 Å².